The molecule has 1 atom stereocenters. The molecule has 24 heavy (non-hydrogen) atoms. The van der Waals surface area contributed by atoms with Gasteiger partial charge >= 0.3 is 5.97 Å². The second kappa shape index (κ2) is 10.1. The van der Waals surface area contributed by atoms with Gasteiger partial charge in [0.15, 0.2) is 0 Å². The minimum absolute atomic E-state index is 0.311. The third-order valence-corrected chi connectivity index (χ3v) is 3.48. The Morgan fingerprint density at radius 2 is 1.58 bits per heavy atom. The first kappa shape index (κ1) is 17.6. The van der Waals surface area contributed by atoms with Crippen LogP contribution in [0.3, 0.4) is 0 Å². The van der Waals surface area contributed by atoms with Crippen LogP contribution in [0.5, 0.6) is 0 Å². The van der Waals surface area contributed by atoms with E-state index in [4.69, 9.17) is 4.74 Å². The zero-order valence-corrected chi connectivity index (χ0v) is 13.8. The van der Waals surface area contributed by atoms with Gasteiger partial charge in [-0.15, -0.1) is 0 Å². The number of carbonyl (C=O) groups excluding carboxylic acids is 1. The van der Waals surface area contributed by atoms with Crippen molar-refractivity contribution < 1.29 is 9.53 Å². The standard InChI is InChI=1S/C20H22N2O2/c1-24-20(23)19(22-16-18-11-6-3-7-12-18)13-8-14-21-15-17-9-4-2-5-10-17/h2-7,9-12,15-16,19H,8,13-14H2,1H3/t19-/m0/s1. The van der Waals surface area contributed by atoms with Gasteiger partial charge in [-0.25, -0.2) is 4.79 Å². The van der Waals surface area contributed by atoms with Crippen molar-refractivity contribution in [3.05, 3.63) is 71.8 Å². The highest BCUT2D eigenvalue weighted by molar-refractivity contribution is 5.84. The molecule has 0 fully saturated rings. The maximum atomic E-state index is 11.8. The Morgan fingerprint density at radius 3 is 2.17 bits per heavy atom. The van der Waals surface area contributed by atoms with Gasteiger partial charge in [-0.2, -0.15) is 0 Å². The Labute approximate surface area is 142 Å². The van der Waals surface area contributed by atoms with Crippen LogP contribution in [0, 0.1) is 0 Å². The lowest BCUT2D eigenvalue weighted by Gasteiger charge is -2.09. The minimum Gasteiger partial charge on any atom is -0.467 e. The van der Waals surface area contributed by atoms with Crippen LogP contribution in [0.2, 0.25) is 0 Å². The summed E-state index contributed by atoms with van der Waals surface area (Å²) in [6.45, 7) is 0.656. The fourth-order valence-corrected chi connectivity index (χ4v) is 2.19. The van der Waals surface area contributed by atoms with E-state index in [1.807, 2.05) is 66.9 Å². The number of rotatable bonds is 8. The first-order valence-corrected chi connectivity index (χ1v) is 8.00. The van der Waals surface area contributed by atoms with E-state index in [1.165, 1.54) is 7.11 Å². The van der Waals surface area contributed by atoms with Crippen molar-refractivity contribution in [2.45, 2.75) is 18.9 Å². The van der Waals surface area contributed by atoms with Crippen LogP contribution >= 0.6 is 0 Å². The number of nitrogens with zero attached hydrogens (tertiary/aromatic N) is 2. The summed E-state index contributed by atoms with van der Waals surface area (Å²) < 4.78 is 4.84. The second-order valence-electron chi connectivity index (χ2n) is 5.32. The van der Waals surface area contributed by atoms with Crippen molar-refractivity contribution >= 4 is 18.4 Å². The average molecular weight is 322 g/mol. The van der Waals surface area contributed by atoms with Crippen LogP contribution < -0.4 is 0 Å². The van der Waals surface area contributed by atoms with E-state index in [-0.39, 0.29) is 5.97 Å². The molecule has 0 aliphatic carbocycles. The largest absolute Gasteiger partial charge is 0.467 e. The average Bonchev–Trinajstić information content (AvgIpc) is 2.65. The Morgan fingerprint density at radius 1 is 1.00 bits per heavy atom. The highest BCUT2D eigenvalue weighted by Gasteiger charge is 2.16. The van der Waals surface area contributed by atoms with Gasteiger partial charge < -0.3 is 4.74 Å². The molecule has 124 valence electrons. The van der Waals surface area contributed by atoms with E-state index < -0.39 is 6.04 Å². The van der Waals surface area contributed by atoms with E-state index in [0.29, 0.717) is 13.0 Å². The van der Waals surface area contributed by atoms with Gasteiger partial charge in [-0.05, 0) is 24.0 Å². The van der Waals surface area contributed by atoms with Crippen molar-refractivity contribution in [3.63, 3.8) is 0 Å². The molecule has 0 unspecified atom stereocenters. The Balaban J connectivity index is 1.84. The summed E-state index contributed by atoms with van der Waals surface area (Å²) >= 11 is 0. The highest BCUT2D eigenvalue weighted by atomic mass is 16.5. The topological polar surface area (TPSA) is 51.0 Å². The van der Waals surface area contributed by atoms with E-state index in [2.05, 4.69) is 9.98 Å². The minimum atomic E-state index is -0.484. The molecule has 0 bridgehead atoms. The fraction of sp³-hybridized carbons (Fsp3) is 0.250. The number of hydrogen-bond donors (Lipinski definition) is 0. The molecule has 2 aromatic rings. The van der Waals surface area contributed by atoms with Crippen LogP contribution in [-0.2, 0) is 9.53 Å². The maximum absolute atomic E-state index is 11.8. The predicted octanol–water partition coefficient (Wildman–Crippen LogP) is 3.55. The summed E-state index contributed by atoms with van der Waals surface area (Å²) in [5, 5.41) is 0. The lowest BCUT2D eigenvalue weighted by molar-refractivity contribution is -0.142. The lowest BCUT2D eigenvalue weighted by Crippen LogP contribution is -2.20. The molecule has 2 aromatic carbocycles. The summed E-state index contributed by atoms with van der Waals surface area (Å²) in [6.07, 6.45) is 4.95. The summed E-state index contributed by atoms with van der Waals surface area (Å²) in [6, 6.07) is 19.2. The Kier molecular flexibility index (Phi) is 7.41. The quantitative estimate of drug-likeness (QED) is 0.424. The van der Waals surface area contributed by atoms with Gasteiger partial charge in [-0.1, -0.05) is 60.7 Å². The Hall–Kier alpha value is -2.75. The van der Waals surface area contributed by atoms with Gasteiger partial charge in [0, 0.05) is 19.0 Å². The first-order valence-electron chi connectivity index (χ1n) is 8.00. The molecule has 0 N–H and O–H groups in total. The molecule has 4 nitrogen and oxygen atoms in total. The highest BCUT2D eigenvalue weighted by Crippen LogP contribution is 2.06. The van der Waals surface area contributed by atoms with Gasteiger partial charge in [0.1, 0.15) is 6.04 Å². The molecule has 0 aliphatic heterocycles. The molecule has 0 radical (unpaired) electrons. The number of aliphatic imine (C=N–C) groups is 2. The molecule has 0 saturated carbocycles. The van der Waals surface area contributed by atoms with Crippen molar-refractivity contribution in [3.8, 4) is 0 Å². The molecular formula is C20H22N2O2. The second-order valence-corrected chi connectivity index (χ2v) is 5.32. The smallest absolute Gasteiger partial charge is 0.330 e. The van der Waals surface area contributed by atoms with Crippen LogP contribution in [0.4, 0.5) is 0 Å². The van der Waals surface area contributed by atoms with E-state index >= 15 is 0 Å². The van der Waals surface area contributed by atoms with Gasteiger partial charge in [-0.3, -0.25) is 9.98 Å². The van der Waals surface area contributed by atoms with Gasteiger partial charge in [0.25, 0.3) is 0 Å². The monoisotopic (exact) mass is 322 g/mol. The van der Waals surface area contributed by atoms with Crippen LogP contribution in [0.15, 0.2) is 70.6 Å². The van der Waals surface area contributed by atoms with Crippen molar-refractivity contribution in [1.29, 1.82) is 0 Å². The van der Waals surface area contributed by atoms with Crippen molar-refractivity contribution in [1.82, 2.24) is 0 Å². The normalized spacial score (nSPS) is 12.5. The summed E-state index contributed by atoms with van der Waals surface area (Å²) in [4.78, 5) is 20.6. The molecule has 0 saturated heterocycles. The molecular weight excluding hydrogens is 300 g/mol. The van der Waals surface area contributed by atoms with E-state index in [1.54, 1.807) is 6.21 Å². The number of hydrogen-bond acceptors (Lipinski definition) is 4. The SMILES string of the molecule is COC(=O)[C@H](CCCN=Cc1ccccc1)N=Cc1ccccc1. The third kappa shape index (κ3) is 6.16. The molecule has 4 heteroatoms. The fourth-order valence-electron chi connectivity index (χ4n) is 2.19. The third-order valence-electron chi connectivity index (χ3n) is 3.48. The predicted molar refractivity (Wildman–Crippen MR) is 98.0 cm³/mol. The van der Waals surface area contributed by atoms with Crippen LogP contribution in [0.1, 0.15) is 24.0 Å². The van der Waals surface area contributed by atoms with Crippen LogP contribution in [0.25, 0.3) is 0 Å². The van der Waals surface area contributed by atoms with Gasteiger partial charge in [0.2, 0.25) is 0 Å². The van der Waals surface area contributed by atoms with Crippen LogP contribution in [-0.4, -0.2) is 38.1 Å². The molecule has 0 spiro atoms. The summed E-state index contributed by atoms with van der Waals surface area (Å²) in [5.41, 5.74) is 2.04. The lowest BCUT2D eigenvalue weighted by atomic mass is 10.1. The molecule has 0 amide bonds. The number of methoxy groups -OCH3 is 1. The zero-order chi connectivity index (χ0) is 17.0. The van der Waals surface area contributed by atoms with Gasteiger partial charge in [0.05, 0.1) is 7.11 Å². The number of esters is 1. The molecule has 0 aromatic heterocycles. The van der Waals surface area contributed by atoms with Crippen molar-refractivity contribution in [2.75, 3.05) is 13.7 Å². The number of carbonyl (C=O) groups is 1. The first-order chi connectivity index (χ1) is 11.8. The Bertz CT molecular complexity index is 667. The number of ether oxygens (including phenoxy) is 1. The summed E-state index contributed by atoms with van der Waals surface area (Å²) in [5.74, 6) is -0.311. The zero-order valence-electron chi connectivity index (χ0n) is 13.8. The van der Waals surface area contributed by atoms with E-state index in [9.17, 15) is 4.79 Å². The molecule has 2 rings (SSSR count). The molecule has 0 aliphatic rings. The molecule has 0 heterocycles. The van der Waals surface area contributed by atoms with Crippen molar-refractivity contribution in [2.24, 2.45) is 9.98 Å². The summed E-state index contributed by atoms with van der Waals surface area (Å²) in [7, 11) is 1.39. The van der Waals surface area contributed by atoms with E-state index in [0.717, 1.165) is 17.5 Å². The maximum Gasteiger partial charge on any atom is 0.330 e. The number of benzene rings is 2.